The zero-order chi connectivity index (χ0) is 35.2. The summed E-state index contributed by atoms with van der Waals surface area (Å²) < 4.78 is 55.1. The first kappa shape index (κ1) is 35.8. The van der Waals surface area contributed by atoms with Crippen molar-refractivity contribution in [2.24, 2.45) is 0 Å². The molecule has 1 fully saturated rings. The van der Waals surface area contributed by atoms with Crippen LogP contribution < -0.4 is 14.8 Å². The van der Waals surface area contributed by atoms with E-state index in [4.69, 9.17) is 25.8 Å². The van der Waals surface area contributed by atoms with E-state index >= 15 is 0 Å². The summed E-state index contributed by atoms with van der Waals surface area (Å²) >= 11 is 6.68. The van der Waals surface area contributed by atoms with E-state index < -0.39 is 57.7 Å². The average molecular weight is 708 g/mol. The highest BCUT2D eigenvalue weighted by Crippen LogP contribution is 2.41. The molecule has 1 aliphatic heterocycles. The third-order valence-electron chi connectivity index (χ3n) is 6.56. The highest BCUT2D eigenvalue weighted by molar-refractivity contribution is 8.18. The number of unbranched alkanes of at least 4 members (excludes halogenated alkanes) is 1. The van der Waals surface area contributed by atoms with Gasteiger partial charge in [-0.3, -0.25) is 29.4 Å². The maximum atomic E-state index is 13.1. The molecule has 1 aliphatic rings. The van der Waals surface area contributed by atoms with Gasteiger partial charge in [-0.1, -0.05) is 31.0 Å². The van der Waals surface area contributed by atoms with Crippen LogP contribution in [0.3, 0.4) is 0 Å². The number of nitrogens with one attached hydrogen (secondary N) is 1. The van der Waals surface area contributed by atoms with E-state index in [0.29, 0.717) is 35.9 Å². The Morgan fingerprint density at radius 3 is 2.46 bits per heavy atom. The number of nitro groups is 1. The van der Waals surface area contributed by atoms with Crippen molar-refractivity contribution in [1.82, 2.24) is 4.90 Å². The number of ether oxygens (including phenoxy) is 3. The quantitative estimate of drug-likeness (QED) is 0.0651. The fraction of sp³-hybridized carbons (Fsp3) is 0.226. The molecule has 1 heterocycles. The molecule has 0 bridgehead atoms. The number of anilines is 1. The van der Waals surface area contributed by atoms with Gasteiger partial charge in [-0.2, -0.15) is 13.2 Å². The zero-order valence-corrected chi connectivity index (χ0v) is 26.7. The number of methoxy groups -OCH3 is 1. The largest absolute Gasteiger partial charge is 0.493 e. The van der Waals surface area contributed by atoms with E-state index in [0.717, 1.165) is 17.4 Å². The predicted octanol–water partition coefficient (Wildman–Crippen LogP) is 7.70. The smallest absolute Gasteiger partial charge is 0.416 e. The molecule has 0 radical (unpaired) electrons. The number of hydrogen-bond acceptors (Lipinski definition) is 10. The lowest BCUT2D eigenvalue weighted by molar-refractivity contribution is -0.385. The number of nitro benzene ring substituents is 1. The number of alkyl halides is 3. The molecule has 12 nitrogen and oxygen atoms in total. The number of nitrogens with zero attached hydrogens (tertiary/aromatic N) is 2. The van der Waals surface area contributed by atoms with E-state index in [1.807, 2.05) is 6.92 Å². The van der Waals surface area contributed by atoms with Crippen molar-refractivity contribution in [1.29, 1.82) is 0 Å². The van der Waals surface area contributed by atoms with Crippen molar-refractivity contribution in [2.45, 2.75) is 25.9 Å². The third-order valence-corrected chi connectivity index (χ3v) is 7.80. The summed E-state index contributed by atoms with van der Waals surface area (Å²) in [5.74, 6) is -2.71. The van der Waals surface area contributed by atoms with Crippen molar-refractivity contribution in [3.63, 3.8) is 0 Å². The van der Waals surface area contributed by atoms with E-state index in [-0.39, 0.29) is 39.3 Å². The van der Waals surface area contributed by atoms with E-state index in [9.17, 15) is 42.5 Å². The maximum absolute atomic E-state index is 13.1. The molecule has 0 unspecified atom stereocenters. The van der Waals surface area contributed by atoms with Crippen molar-refractivity contribution in [2.75, 3.05) is 25.6 Å². The van der Waals surface area contributed by atoms with E-state index in [1.54, 1.807) is 0 Å². The molecule has 48 heavy (non-hydrogen) atoms. The van der Waals surface area contributed by atoms with Crippen LogP contribution in [-0.4, -0.2) is 53.1 Å². The number of rotatable bonds is 12. The van der Waals surface area contributed by atoms with Gasteiger partial charge in [-0.05, 0) is 72.3 Å². The fourth-order valence-corrected chi connectivity index (χ4v) is 5.21. The molecule has 4 rings (SSSR count). The Morgan fingerprint density at radius 1 is 1.06 bits per heavy atom. The lowest BCUT2D eigenvalue weighted by Crippen LogP contribution is -2.36. The van der Waals surface area contributed by atoms with Crippen molar-refractivity contribution in [3.8, 4) is 17.2 Å². The normalized spacial score (nSPS) is 13.9. The van der Waals surface area contributed by atoms with Gasteiger partial charge in [0.05, 0.1) is 39.7 Å². The Morgan fingerprint density at radius 2 is 1.79 bits per heavy atom. The van der Waals surface area contributed by atoms with Crippen LogP contribution in [0, 0.1) is 10.1 Å². The number of hydrogen-bond donors (Lipinski definition) is 1. The summed E-state index contributed by atoms with van der Waals surface area (Å²) in [7, 11) is 1.25. The molecule has 0 atom stereocenters. The number of esters is 1. The molecule has 252 valence electrons. The Balaban J connectivity index is 1.46. The lowest BCUT2D eigenvalue weighted by Gasteiger charge is -2.13. The van der Waals surface area contributed by atoms with E-state index in [1.165, 1.54) is 49.6 Å². The molecule has 3 aromatic rings. The summed E-state index contributed by atoms with van der Waals surface area (Å²) in [6.45, 7) is 1.50. The molecule has 3 aromatic carbocycles. The van der Waals surface area contributed by atoms with Gasteiger partial charge in [0.1, 0.15) is 6.54 Å². The van der Waals surface area contributed by atoms with Gasteiger partial charge in [-0.15, -0.1) is 0 Å². The molecule has 1 saturated heterocycles. The number of halogens is 4. The number of thioether (sulfide) groups is 1. The standard InChI is InChI=1S/C31H25ClF3N3O9S/c1-3-4-11-46-29(41)20-15-19(7-8-21(20)32)36-27(39)16-37-28(40)26(48-30(37)42)13-17-5-9-24(25(12-17)45-2)47-23-10-6-18(31(33,34)35)14-22(23)38(43)44/h5-10,12-15H,3-4,11,16H2,1-2H3,(H,36,39)/b26-13+. The Hall–Kier alpha value is -5.09. The fourth-order valence-electron chi connectivity index (χ4n) is 4.18. The molecular weight excluding hydrogens is 683 g/mol. The van der Waals surface area contributed by atoms with Crippen LogP contribution >= 0.6 is 23.4 Å². The van der Waals surface area contributed by atoms with Crippen molar-refractivity contribution >= 4 is 63.8 Å². The minimum Gasteiger partial charge on any atom is -0.493 e. The lowest BCUT2D eigenvalue weighted by atomic mass is 10.1. The Kier molecular flexibility index (Phi) is 11.3. The number of carbonyl (C=O) groups is 4. The van der Waals surface area contributed by atoms with Crippen LogP contribution in [0.15, 0.2) is 59.5 Å². The molecule has 0 spiro atoms. The maximum Gasteiger partial charge on any atom is 0.416 e. The molecule has 0 aliphatic carbocycles. The average Bonchev–Trinajstić information content (AvgIpc) is 3.29. The molecule has 1 N–H and O–H groups in total. The van der Waals surface area contributed by atoms with Crippen LogP contribution in [0.4, 0.5) is 29.3 Å². The van der Waals surface area contributed by atoms with Gasteiger partial charge in [-0.25, -0.2) is 4.79 Å². The molecule has 3 amide bonds. The minimum atomic E-state index is -4.81. The van der Waals surface area contributed by atoms with Crippen LogP contribution in [0.25, 0.3) is 6.08 Å². The zero-order valence-electron chi connectivity index (χ0n) is 25.1. The van der Waals surface area contributed by atoms with Gasteiger partial charge in [0, 0.05) is 11.8 Å². The second-order valence-corrected chi connectivity index (χ2v) is 11.4. The van der Waals surface area contributed by atoms with Crippen LogP contribution in [0.5, 0.6) is 17.2 Å². The van der Waals surface area contributed by atoms with Crippen LogP contribution in [0.2, 0.25) is 5.02 Å². The Labute approximate surface area is 279 Å². The first-order chi connectivity index (χ1) is 22.7. The highest BCUT2D eigenvalue weighted by Gasteiger charge is 2.37. The summed E-state index contributed by atoms with van der Waals surface area (Å²) in [4.78, 5) is 61.9. The minimum absolute atomic E-state index is 0.00753. The van der Waals surface area contributed by atoms with Gasteiger partial charge in [0.2, 0.25) is 11.7 Å². The topological polar surface area (TPSA) is 154 Å². The van der Waals surface area contributed by atoms with Crippen LogP contribution in [0.1, 0.15) is 41.3 Å². The summed E-state index contributed by atoms with van der Waals surface area (Å²) in [5.41, 5.74) is -1.60. The van der Waals surface area contributed by atoms with E-state index in [2.05, 4.69) is 5.32 Å². The van der Waals surface area contributed by atoms with Crippen molar-refractivity contribution < 1.29 is 51.5 Å². The first-order valence-corrected chi connectivity index (χ1v) is 15.1. The van der Waals surface area contributed by atoms with Crippen LogP contribution in [-0.2, 0) is 20.5 Å². The van der Waals surface area contributed by atoms with Gasteiger partial charge < -0.3 is 19.5 Å². The molecule has 17 heteroatoms. The van der Waals surface area contributed by atoms with Gasteiger partial charge in [0.15, 0.2) is 11.5 Å². The summed E-state index contributed by atoms with van der Waals surface area (Å²) in [5, 5.41) is 13.3. The predicted molar refractivity (Wildman–Crippen MR) is 169 cm³/mol. The summed E-state index contributed by atoms with van der Waals surface area (Å²) in [6, 6.07) is 10.1. The van der Waals surface area contributed by atoms with Crippen molar-refractivity contribution in [3.05, 3.63) is 91.3 Å². The molecule has 0 aromatic heterocycles. The van der Waals surface area contributed by atoms with Gasteiger partial charge >= 0.3 is 17.8 Å². The second-order valence-electron chi connectivity index (χ2n) is 9.95. The third kappa shape index (κ3) is 8.63. The Bertz CT molecular complexity index is 1820. The summed E-state index contributed by atoms with van der Waals surface area (Å²) in [6.07, 6.45) is -1.99. The number of amides is 3. The first-order valence-electron chi connectivity index (χ1n) is 13.9. The highest BCUT2D eigenvalue weighted by atomic mass is 35.5. The molecular formula is C31H25ClF3N3O9S. The van der Waals surface area contributed by atoms with Gasteiger partial charge in [0.25, 0.3) is 11.1 Å². The SMILES string of the molecule is CCCCOC(=O)c1cc(NC(=O)CN2C(=O)S/C(=C/c3ccc(Oc4ccc(C(F)(F)F)cc4[N+](=O)[O-])c(OC)c3)C2=O)ccc1Cl. The second kappa shape index (κ2) is 15.2. The number of carbonyl (C=O) groups excluding carboxylic acids is 4. The number of imide groups is 1. The monoisotopic (exact) mass is 707 g/mol. The number of benzene rings is 3. The molecule has 0 saturated carbocycles.